The Morgan fingerprint density at radius 3 is 2.76 bits per heavy atom. The number of ether oxygens (including phenoxy) is 2. The van der Waals surface area contributed by atoms with E-state index in [4.69, 9.17) is 15.2 Å². The Morgan fingerprint density at radius 1 is 1.43 bits per heavy atom. The van der Waals surface area contributed by atoms with Gasteiger partial charge in [0.15, 0.2) is 0 Å². The molecule has 0 radical (unpaired) electrons. The van der Waals surface area contributed by atoms with Crippen LogP contribution in [0.1, 0.15) is 27.9 Å². The average Bonchev–Trinajstić information content (AvgIpc) is 2.75. The van der Waals surface area contributed by atoms with Gasteiger partial charge in [-0.05, 0) is 25.5 Å². The molecule has 0 aromatic carbocycles. The van der Waals surface area contributed by atoms with Crippen LogP contribution in [0.4, 0.5) is 5.69 Å². The van der Waals surface area contributed by atoms with Crippen LogP contribution in [-0.2, 0) is 20.9 Å². The number of pyridine rings is 1. The van der Waals surface area contributed by atoms with Crippen molar-refractivity contribution >= 4 is 39.0 Å². The molecule has 0 atom stereocenters. The van der Waals surface area contributed by atoms with Crippen LogP contribution in [0.25, 0.3) is 10.2 Å². The summed E-state index contributed by atoms with van der Waals surface area (Å²) in [6.07, 6.45) is 0. The molecule has 0 aliphatic carbocycles. The number of carbonyl (C=O) groups is 2. The van der Waals surface area contributed by atoms with E-state index in [9.17, 15) is 9.59 Å². The Kier molecular flexibility index (Phi) is 4.54. The van der Waals surface area contributed by atoms with Crippen LogP contribution in [0, 0.1) is 6.92 Å². The summed E-state index contributed by atoms with van der Waals surface area (Å²) in [5.41, 5.74) is 7.94. The fourth-order valence-corrected chi connectivity index (χ4v) is 3.18. The molecule has 0 fully saturated rings. The number of aromatic nitrogens is 1. The second kappa shape index (κ2) is 6.19. The van der Waals surface area contributed by atoms with Crippen molar-refractivity contribution in [1.82, 2.24) is 4.98 Å². The summed E-state index contributed by atoms with van der Waals surface area (Å²) in [5, 5.41) is 0.667. The smallest absolute Gasteiger partial charge is 0.380 e. The van der Waals surface area contributed by atoms with Crippen LogP contribution in [0.15, 0.2) is 6.07 Å². The molecule has 0 saturated carbocycles. The number of Topliss-reactive ketones (excluding diaryl/α,β-unsaturated/α-hetero) is 1. The molecule has 2 rings (SSSR count). The summed E-state index contributed by atoms with van der Waals surface area (Å²) in [6.45, 7) is 3.98. The molecule has 2 N–H and O–H groups in total. The SMILES string of the molecule is CCOC(=O)C(=O)c1sc2nc(C)cc(COC)c2c1N. The van der Waals surface area contributed by atoms with Gasteiger partial charge in [0.2, 0.25) is 0 Å². The molecule has 21 heavy (non-hydrogen) atoms. The lowest BCUT2D eigenvalue weighted by Gasteiger charge is -2.04. The van der Waals surface area contributed by atoms with Crippen molar-refractivity contribution in [3.05, 3.63) is 22.2 Å². The highest BCUT2D eigenvalue weighted by Gasteiger charge is 2.25. The number of hydrogen-bond donors (Lipinski definition) is 1. The number of esters is 1. The number of aryl methyl sites for hydroxylation is 1. The molecule has 0 spiro atoms. The molecule has 0 amide bonds. The van der Waals surface area contributed by atoms with E-state index >= 15 is 0 Å². The minimum absolute atomic E-state index is 0.141. The lowest BCUT2D eigenvalue weighted by Crippen LogP contribution is -2.17. The molecule has 0 aliphatic heterocycles. The second-order valence-electron chi connectivity index (χ2n) is 4.43. The predicted octanol–water partition coefficient (Wildman–Crippen LogP) is 2.08. The maximum Gasteiger partial charge on any atom is 0.380 e. The molecule has 2 aromatic rings. The van der Waals surface area contributed by atoms with Gasteiger partial charge in [0, 0.05) is 18.2 Å². The van der Waals surface area contributed by atoms with Gasteiger partial charge in [-0.25, -0.2) is 9.78 Å². The Morgan fingerprint density at radius 2 is 2.14 bits per heavy atom. The average molecular weight is 308 g/mol. The van der Waals surface area contributed by atoms with Gasteiger partial charge in [-0.1, -0.05) is 0 Å². The number of anilines is 1. The van der Waals surface area contributed by atoms with Crippen LogP contribution in [0.5, 0.6) is 0 Å². The van der Waals surface area contributed by atoms with Crippen LogP contribution >= 0.6 is 11.3 Å². The number of carbonyl (C=O) groups excluding carboxylic acids is 2. The number of methoxy groups -OCH3 is 1. The van der Waals surface area contributed by atoms with Gasteiger partial charge in [0.05, 0.1) is 18.9 Å². The van der Waals surface area contributed by atoms with E-state index in [-0.39, 0.29) is 17.2 Å². The van der Waals surface area contributed by atoms with Crippen molar-refractivity contribution in [3.63, 3.8) is 0 Å². The quantitative estimate of drug-likeness (QED) is 0.516. The van der Waals surface area contributed by atoms with E-state index in [1.807, 2.05) is 13.0 Å². The number of nitrogen functional groups attached to an aromatic ring is 1. The Labute approximate surface area is 125 Å². The summed E-state index contributed by atoms with van der Waals surface area (Å²) in [5.74, 6) is -1.64. The molecule has 112 valence electrons. The zero-order valence-corrected chi connectivity index (χ0v) is 12.9. The first-order chi connectivity index (χ1) is 9.99. The van der Waals surface area contributed by atoms with Crippen molar-refractivity contribution in [2.75, 3.05) is 19.5 Å². The van der Waals surface area contributed by atoms with E-state index in [1.54, 1.807) is 14.0 Å². The Balaban J connectivity index is 2.57. The van der Waals surface area contributed by atoms with E-state index in [1.165, 1.54) is 0 Å². The monoisotopic (exact) mass is 308 g/mol. The maximum absolute atomic E-state index is 12.1. The van der Waals surface area contributed by atoms with E-state index in [0.29, 0.717) is 16.8 Å². The molecular weight excluding hydrogens is 292 g/mol. The topological polar surface area (TPSA) is 91.5 Å². The molecule has 0 bridgehead atoms. The normalized spacial score (nSPS) is 10.8. The van der Waals surface area contributed by atoms with E-state index in [2.05, 4.69) is 4.98 Å². The molecule has 0 aliphatic rings. The standard InChI is InChI=1S/C14H16N2O4S/c1-4-20-14(18)11(17)12-10(15)9-8(6-19-3)5-7(2)16-13(9)21-12/h5H,4,6,15H2,1-3H3. The van der Waals surface area contributed by atoms with Crippen molar-refractivity contribution in [2.45, 2.75) is 20.5 Å². The summed E-state index contributed by atoms with van der Waals surface area (Å²) in [4.78, 5) is 28.8. The summed E-state index contributed by atoms with van der Waals surface area (Å²) >= 11 is 1.10. The number of fused-ring (bicyclic) bond motifs is 1. The Hall–Kier alpha value is -1.99. The highest BCUT2D eigenvalue weighted by atomic mass is 32.1. The summed E-state index contributed by atoms with van der Waals surface area (Å²) in [6, 6.07) is 1.85. The molecule has 2 aromatic heterocycles. The lowest BCUT2D eigenvalue weighted by atomic mass is 10.1. The van der Waals surface area contributed by atoms with Gasteiger partial charge in [-0.2, -0.15) is 0 Å². The first-order valence-electron chi connectivity index (χ1n) is 6.38. The zero-order valence-electron chi connectivity index (χ0n) is 12.1. The number of nitrogens with two attached hydrogens (primary N) is 1. The van der Waals surface area contributed by atoms with Crippen molar-refractivity contribution in [2.24, 2.45) is 0 Å². The van der Waals surface area contributed by atoms with Crippen LogP contribution in [0.3, 0.4) is 0 Å². The van der Waals surface area contributed by atoms with Crippen molar-refractivity contribution in [3.8, 4) is 0 Å². The molecule has 7 heteroatoms. The zero-order chi connectivity index (χ0) is 15.6. The number of rotatable bonds is 5. The largest absolute Gasteiger partial charge is 0.460 e. The summed E-state index contributed by atoms with van der Waals surface area (Å²) in [7, 11) is 1.58. The highest BCUT2D eigenvalue weighted by molar-refractivity contribution is 7.21. The third-order valence-corrected chi connectivity index (χ3v) is 3.97. The number of ketones is 1. The van der Waals surface area contributed by atoms with Crippen LogP contribution < -0.4 is 5.73 Å². The first kappa shape index (κ1) is 15.4. The minimum Gasteiger partial charge on any atom is -0.460 e. The number of thiophene rings is 1. The molecular formula is C14H16N2O4S. The molecule has 0 unspecified atom stereocenters. The Bertz CT molecular complexity index is 709. The maximum atomic E-state index is 12.1. The van der Waals surface area contributed by atoms with Gasteiger partial charge in [0.25, 0.3) is 5.78 Å². The molecule has 6 nitrogen and oxygen atoms in total. The van der Waals surface area contributed by atoms with Crippen molar-refractivity contribution < 1.29 is 19.1 Å². The second-order valence-corrected chi connectivity index (χ2v) is 5.43. The summed E-state index contributed by atoms with van der Waals surface area (Å²) < 4.78 is 9.87. The third-order valence-electron chi connectivity index (χ3n) is 2.88. The van der Waals surface area contributed by atoms with Gasteiger partial charge < -0.3 is 15.2 Å². The van der Waals surface area contributed by atoms with Gasteiger partial charge >= 0.3 is 5.97 Å². The third kappa shape index (κ3) is 2.88. The van der Waals surface area contributed by atoms with E-state index < -0.39 is 11.8 Å². The fraction of sp³-hybridized carbons (Fsp3) is 0.357. The van der Waals surface area contributed by atoms with Gasteiger partial charge in [-0.3, -0.25) is 4.79 Å². The minimum atomic E-state index is -0.902. The van der Waals surface area contributed by atoms with Crippen LogP contribution in [0.2, 0.25) is 0 Å². The van der Waals surface area contributed by atoms with Gasteiger partial charge in [-0.15, -0.1) is 11.3 Å². The predicted molar refractivity (Wildman–Crippen MR) is 80.4 cm³/mol. The van der Waals surface area contributed by atoms with E-state index in [0.717, 1.165) is 22.6 Å². The first-order valence-corrected chi connectivity index (χ1v) is 7.20. The fourth-order valence-electron chi connectivity index (χ4n) is 2.06. The van der Waals surface area contributed by atoms with Crippen molar-refractivity contribution in [1.29, 1.82) is 0 Å². The van der Waals surface area contributed by atoms with Crippen LogP contribution in [-0.4, -0.2) is 30.5 Å². The molecule has 2 heterocycles. The number of nitrogens with zero attached hydrogens (tertiary/aromatic N) is 1. The number of hydrogen-bond acceptors (Lipinski definition) is 7. The van der Waals surface area contributed by atoms with Gasteiger partial charge in [0.1, 0.15) is 9.71 Å². The highest BCUT2D eigenvalue weighted by Crippen LogP contribution is 2.36. The molecule has 0 saturated heterocycles. The lowest BCUT2D eigenvalue weighted by molar-refractivity contribution is -0.137.